The number of carbonyl (C=O) groups excluding carboxylic acids is 1. The van der Waals surface area contributed by atoms with E-state index in [4.69, 9.17) is 16.2 Å². The van der Waals surface area contributed by atoms with Gasteiger partial charge < -0.3 is 16.2 Å². The molecule has 0 rings (SSSR count). The van der Waals surface area contributed by atoms with E-state index in [1.54, 1.807) is 0 Å². The number of esters is 1. The van der Waals surface area contributed by atoms with Gasteiger partial charge in [-0.2, -0.15) is 0 Å². The Kier molecular flexibility index (Phi) is 11.6. The molecule has 0 aliphatic rings. The van der Waals surface area contributed by atoms with Crippen LogP contribution in [0.25, 0.3) is 0 Å². The molecule has 0 unspecified atom stereocenters. The van der Waals surface area contributed by atoms with E-state index < -0.39 is 6.04 Å². The van der Waals surface area contributed by atoms with E-state index in [0.29, 0.717) is 25.5 Å². The van der Waals surface area contributed by atoms with Crippen LogP contribution in [0.3, 0.4) is 0 Å². The van der Waals surface area contributed by atoms with Crippen molar-refractivity contribution in [3.63, 3.8) is 0 Å². The van der Waals surface area contributed by atoms with Gasteiger partial charge in [0.1, 0.15) is 6.04 Å². The second-order valence-corrected chi connectivity index (χ2v) is 3.91. The van der Waals surface area contributed by atoms with E-state index in [0.717, 1.165) is 12.8 Å². The van der Waals surface area contributed by atoms with Crippen LogP contribution in [0.5, 0.6) is 0 Å². The summed E-state index contributed by atoms with van der Waals surface area (Å²) in [7, 11) is 0. The molecular formula is C10H23ClN2O2. The summed E-state index contributed by atoms with van der Waals surface area (Å²) in [5, 5.41) is 0. The van der Waals surface area contributed by atoms with E-state index in [1.165, 1.54) is 0 Å². The smallest absolute Gasteiger partial charge is 0.322 e. The first-order valence-electron chi connectivity index (χ1n) is 5.20. The largest absolute Gasteiger partial charge is 0.464 e. The summed E-state index contributed by atoms with van der Waals surface area (Å²) in [5.41, 5.74) is 11.0. The van der Waals surface area contributed by atoms with Gasteiger partial charge in [0.2, 0.25) is 0 Å². The number of hydrogen-bond donors (Lipinski definition) is 2. The summed E-state index contributed by atoms with van der Waals surface area (Å²) in [6.45, 7) is 5.08. The highest BCUT2D eigenvalue weighted by Gasteiger charge is 2.14. The van der Waals surface area contributed by atoms with Gasteiger partial charge in [-0.25, -0.2) is 0 Å². The third kappa shape index (κ3) is 9.97. The van der Waals surface area contributed by atoms with Crippen molar-refractivity contribution in [2.45, 2.75) is 39.2 Å². The molecule has 1 atom stereocenters. The van der Waals surface area contributed by atoms with E-state index in [2.05, 4.69) is 0 Å². The Morgan fingerprint density at radius 2 is 1.93 bits per heavy atom. The highest BCUT2D eigenvalue weighted by Crippen LogP contribution is 2.01. The minimum Gasteiger partial charge on any atom is -0.464 e. The van der Waals surface area contributed by atoms with E-state index >= 15 is 0 Å². The van der Waals surface area contributed by atoms with Crippen LogP contribution in [-0.2, 0) is 9.53 Å². The minimum absolute atomic E-state index is 0. The summed E-state index contributed by atoms with van der Waals surface area (Å²) in [6, 6.07) is -0.486. The number of rotatable bonds is 7. The second kappa shape index (κ2) is 10.2. The highest BCUT2D eigenvalue weighted by atomic mass is 35.5. The van der Waals surface area contributed by atoms with Gasteiger partial charge >= 0.3 is 5.97 Å². The fraction of sp³-hybridized carbons (Fsp3) is 0.900. The van der Waals surface area contributed by atoms with Crippen LogP contribution >= 0.6 is 12.4 Å². The molecular weight excluding hydrogens is 216 g/mol. The summed E-state index contributed by atoms with van der Waals surface area (Å²) in [4.78, 5) is 11.3. The fourth-order valence-electron chi connectivity index (χ4n) is 0.982. The van der Waals surface area contributed by atoms with Crippen molar-refractivity contribution < 1.29 is 9.53 Å². The molecule has 0 spiro atoms. The molecule has 0 bridgehead atoms. The second-order valence-electron chi connectivity index (χ2n) is 3.91. The normalized spacial score (nSPS) is 12.1. The monoisotopic (exact) mass is 238 g/mol. The lowest BCUT2D eigenvalue weighted by Crippen LogP contribution is -2.33. The molecule has 4 nitrogen and oxygen atoms in total. The van der Waals surface area contributed by atoms with Gasteiger partial charge in [0, 0.05) is 0 Å². The summed E-state index contributed by atoms with van der Waals surface area (Å²) < 4.78 is 5.00. The van der Waals surface area contributed by atoms with Crippen LogP contribution in [0.1, 0.15) is 33.1 Å². The van der Waals surface area contributed by atoms with Crippen LogP contribution < -0.4 is 11.5 Å². The number of hydrogen-bond acceptors (Lipinski definition) is 4. The zero-order valence-electron chi connectivity index (χ0n) is 9.57. The van der Waals surface area contributed by atoms with E-state index in [9.17, 15) is 4.79 Å². The highest BCUT2D eigenvalue weighted by molar-refractivity contribution is 5.85. The Labute approximate surface area is 98.1 Å². The molecule has 0 aromatic rings. The van der Waals surface area contributed by atoms with Crippen LogP contribution in [0, 0.1) is 5.92 Å². The number of halogens is 1. The molecule has 0 amide bonds. The van der Waals surface area contributed by atoms with Crippen molar-refractivity contribution in [2.75, 3.05) is 13.2 Å². The molecule has 92 valence electrons. The predicted molar refractivity (Wildman–Crippen MR) is 63.9 cm³/mol. The van der Waals surface area contributed by atoms with Crippen molar-refractivity contribution in [1.82, 2.24) is 0 Å². The zero-order valence-corrected chi connectivity index (χ0v) is 10.4. The molecule has 0 aromatic carbocycles. The van der Waals surface area contributed by atoms with Crippen LogP contribution in [0.2, 0.25) is 0 Å². The average molecular weight is 239 g/mol. The quantitative estimate of drug-likeness (QED) is 0.514. The lowest BCUT2D eigenvalue weighted by atomic mass is 10.1. The van der Waals surface area contributed by atoms with Crippen molar-refractivity contribution in [1.29, 1.82) is 0 Å². The maximum absolute atomic E-state index is 11.3. The minimum atomic E-state index is -0.486. The van der Waals surface area contributed by atoms with Crippen molar-refractivity contribution in [3.8, 4) is 0 Å². The maximum Gasteiger partial charge on any atom is 0.322 e. The Morgan fingerprint density at radius 3 is 2.40 bits per heavy atom. The number of carbonyl (C=O) groups is 1. The van der Waals surface area contributed by atoms with Crippen molar-refractivity contribution in [2.24, 2.45) is 17.4 Å². The molecule has 15 heavy (non-hydrogen) atoms. The molecule has 0 aliphatic heterocycles. The van der Waals surface area contributed by atoms with Gasteiger partial charge in [0.05, 0.1) is 6.61 Å². The third-order valence-corrected chi connectivity index (χ3v) is 1.83. The zero-order chi connectivity index (χ0) is 11.0. The van der Waals surface area contributed by atoms with Crippen molar-refractivity contribution in [3.05, 3.63) is 0 Å². The molecule has 0 fully saturated rings. The predicted octanol–water partition coefficient (Wildman–Crippen LogP) is 1.06. The Bertz CT molecular complexity index is 166. The Morgan fingerprint density at radius 1 is 1.33 bits per heavy atom. The first-order valence-corrected chi connectivity index (χ1v) is 5.20. The van der Waals surface area contributed by atoms with Crippen LogP contribution in [-0.4, -0.2) is 25.2 Å². The van der Waals surface area contributed by atoms with E-state index in [1.807, 2.05) is 13.8 Å². The number of ether oxygens (including phenoxy) is 1. The lowest BCUT2D eigenvalue weighted by molar-refractivity contribution is -0.146. The summed E-state index contributed by atoms with van der Waals surface area (Å²) >= 11 is 0. The van der Waals surface area contributed by atoms with Gasteiger partial charge in [-0.15, -0.1) is 12.4 Å². The molecule has 0 heterocycles. The molecule has 5 heteroatoms. The first kappa shape index (κ1) is 17.1. The number of unbranched alkanes of at least 4 members (excludes halogenated alkanes) is 1. The summed E-state index contributed by atoms with van der Waals surface area (Å²) in [6.07, 6.45) is 2.45. The standard InChI is InChI=1S/C10H22N2O2.ClH/c1-8(2)7-14-10(13)9(12)5-3-4-6-11;/h8-9H,3-7,11-12H2,1-2H3;1H/t9-;/m0./s1. The Hall–Kier alpha value is -0.320. The third-order valence-electron chi connectivity index (χ3n) is 1.83. The topological polar surface area (TPSA) is 78.3 Å². The van der Waals surface area contributed by atoms with Gasteiger partial charge in [0.15, 0.2) is 0 Å². The number of nitrogens with two attached hydrogens (primary N) is 2. The SMILES string of the molecule is CC(C)COC(=O)[C@@H](N)CCCCN.Cl. The van der Waals surface area contributed by atoms with Gasteiger partial charge in [-0.05, 0) is 25.3 Å². The van der Waals surface area contributed by atoms with E-state index in [-0.39, 0.29) is 18.4 Å². The molecule has 0 saturated heterocycles. The van der Waals surface area contributed by atoms with Crippen LogP contribution in [0.15, 0.2) is 0 Å². The first-order chi connectivity index (χ1) is 6.57. The molecule has 0 aliphatic carbocycles. The molecule has 0 radical (unpaired) electrons. The maximum atomic E-state index is 11.3. The van der Waals surface area contributed by atoms with Gasteiger partial charge in [-0.3, -0.25) is 4.79 Å². The molecule has 0 saturated carbocycles. The van der Waals surface area contributed by atoms with Gasteiger partial charge in [-0.1, -0.05) is 20.3 Å². The van der Waals surface area contributed by atoms with Gasteiger partial charge in [0.25, 0.3) is 0 Å². The summed E-state index contributed by atoms with van der Waals surface area (Å²) in [5.74, 6) is 0.0610. The Balaban J connectivity index is 0. The van der Waals surface area contributed by atoms with Crippen molar-refractivity contribution >= 4 is 18.4 Å². The fourth-order valence-corrected chi connectivity index (χ4v) is 0.982. The lowest BCUT2D eigenvalue weighted by Gasteiger charge is -2.12. The molecule has 0 aromatic heterocycles. The van der Waals surface area contributed by atoms with Crippen LogP contribution in [0.4, 0.5) is 0 Å². The average Bonchev–Trinajstić information content (AvgIpc) is 2.14. The molecule has 4 N–H and O–H groups in total.